The van der Waals surface area contributed by atoms with Crippen LogP contribution in [-0.4, -0.2) is 11.2 Å². The minimum absolute atomic E-state index is 0.614. The van der Waals surface area contributed by atoms with Crippen molar-refractivity contribution in [3.05, 3.63) is 46.6 Å². The van der Waals surface area contributed by atoms with Gasteiger partial charge < -0.3 is 4.74 Å². The first-order chi connectivity index (χ1) is 8.19. The third-order valence-corrected chi connectivity index (χ3v) is 3.86. The molecule has 0 saturated carbocycles. The molecular formula is C13H12BrNOS. The van der Waals surface area contributed by atoms with E-state index < -0.39 is 0 Å². The predicted molar refractivity (Wildman–Crippen MR) is 75.0 cm³/mol. The fourth-order valence-corrected chi connectivity index (χ4v) is 1.97. The van der Waals surface area contributed by atoms with Crippen LogP contribution >= 0.6 is 27.7 Å². The van der Waals surface area contributed by atoms with E-state index in [0.717, 1.165) is 15.9 Å². The molecule has 4 heteroatoms. The summed E-state index contributed by atoms with van der Waals surface area (Å²) in [5.74, 6) is 1.42. The van der Waals surface area contributed by atoms with Crippen LogP contribution in [0.4, 0.5) is 0 Å². The summed E-state index contributed by atoms with van der Waals surface area (Å²) in [5.41, 5.74) is 0.920. The van der Waals surface area contributed by atoms with E-state index in [9.17, 15) is 0 Å². The number of pyridine rings is 1. The van der Waals surface area contributed by atoms with E-state index in [1.165, 1.54) is 4.90 Å². The molecular weight excluding hydrogens is 298 g/mol. The molecule has 0 unspecified atom stereocenters. The molecule has 0 radical (unpaired) electrons. The zero-order valence-electron chi connectivity index (χ0n) is 9.61. The van der Waals surface area contributed by atoms with Crippen molar-refractivity contribution in [2.24, 2.45) is 0 Å². The highest BCUT2D eigenvalue weighted by Crippen LogP contribution is 2.24. The van der Waals surface area contributed by atoms with Crippen LogP contribution in [0.25, 0.3) is 0 Å². The molecule has 1 aromatic heterocycles. The molecule has 2 rings (SSSR count). The van der Waals surface area contributed by atoms with E-state index in [1.807, 2.05) is 43.3 Å². The molecule has 2 aromatic rings. The molecule has 1 aromatic carbocycles. The van der Waals surface area contributed by atoms with Crippen LogP contribution in [0.15, 0.2) is 45.8 Å². The maximum absolute atomic E-state index is 5.67. The SMILES string of the molecule is CSc1ccc(Oc2ccc(Br)c(C)n2)cc1. The lowest BCUT2D eigenvalue weighted by atomic mass is 10.3. The van der Waals surface area contributed by atoms with Crippen molar-refractivity contribution in [3.63, 3.8) is 0 Å². The maximum atomic E-state index is 5.67. The third kappa shape index (κ3) is 3.23. The van der Waals surface area contributed by atoms with Gasteiger partial charge in [0.1, 0.15) is 5.75 Å². The Bertz CT molecular complexity index is 513. The second-order valence-electron chi connectivity index (χ2n) is 3.49. The highest BCUT2D eigenvalue weighted by Gasteiger charge is 2.01. The average Bonchev–Trinajstić information content (AvgIpc) is 2.35. The van der Waals surface area contributed by atoms with Crippen LogP contribution < -0.4 is 4.74 Å². The lowest BCUT2D eigenvalue weighted by Gasteiger charge is -2.06. The van der Waals surface area contributed by atoms with E-state index in [0.29, 0.717) is 5.88 Å². The van der Waals surface area contributed by atoms with Crippen molar-refractivity contribution in [2.75, 3.05) is 6.26 Å². The average molecular weight is 310 g/mol. The summed E-state index contributed by atoms with van der Waals surface area (Å²) < 4.78 is 6.66. The Balaban J connectivity index is 2.16. The van der Waals surface area contributed by atoms with Gasteiger partial charge in [0.2, 0.25) is 5.88 Å². The number of nitrogens with zero attached hydrogens (tertiary/aromatic N) is 1. The summed E-state index contributed by atoms with van der Waals surface area (Å²) in [6.45, 7) is 1.94. The first-order valence-corrected chi connectivity index (χ1v) is 7.16. The first kappa shape index (κ1) is 12.5. The lowest BCUT2D eigenvalue weighted by molar-refractivity contribution is 0.461. The van der Waals surface area contributed by atoms with Crippen LogP contribution in [0.5, 0.6) is 11.6 Å². The molecule has 0 bridgehead atoms. The van der Waals surface area contributed by atoms with Crippen molar-refractivity contribution in [3.8, 4) is 11.6 Å². The van der Waals surface area contributed by atoms with Gasteiger partial charge in [-0.25, -0.2) is 4.98 Å². The number of rotatable bonds is 3. The summed E-state index contributed by atoms with van der Waals surface area (Å²) in [4.78, 5) is 5.56. The van der Waals surface area contributed by atoms with E-state index in [1.54, 1.807) is 11.8 Å². The highest BCUT2D eigenvalue weighted by atomic mass is 79.9. The van der Waals surface area contributed by atoms with E-state index in [4.69, 9.17) is 4.74 Å². The number of ether oxygens (including phenoxy) is 1. The fourth-order valence-electron chi connectivity index (χ4n) is 1.34. The molecule has 0 atom stereocenters. The molecule has 0 aliphatic rings. The van der Waals surface area contributed by atoms with E-state index in [-0.39, 0.29) is 0 Å². The molecule has 1 heterocycles. The molecule has 88 valence electrons. The van der Waals surface area contributed by atoms with Crippen molar-refractivity contribution < 1.29 is 4.74 Å². The molecule has 0 N–H and O–H groups in total. The van der Waals surface area contributed by atoms with Crippen molar-refractivity contribution in [1.29, 1.82) is 0 Å². The Morgan fingerprint density at radius 2 is 1.82 bits per heavy atom. The van der Waals surface area contributed by atoms with Gasteiger partial charge in [-0.1, -0.05) is 0 Å². The number of aryl methyl sites for hydroxylation is 1. The van der Waals surface area contributed by atoms with Gasteiger partial charge in [-0.05, 0) is 59.4 Å². The Hall–Kier alpha value is -1.00. The molecule has 0 spiro atoms. The van der Waals surface area contributed by atoms with Crippen LogP contribution in [0.2, 0.25) is 0 Å². The van der Waals surface area contributed by atoms with Crippen LogP contribution in [0.3, 0.4) is 0 Å². The zero-order valence-corrected chi connectivity index (χ0v) is 12.0. The number of aromatic nitrogens is 1. The van der Waals surface area contributed by atoms with Gasteiger partial charge in [-0.15, -0.1) is 11.8 Å². The van der Waals surface area contributed by atoms with Crippen molar-refractivity contribution in [2.45, 2.75) is 11.8 Å². The molecule has 2 nitrogen and oxygen atoms in total. The van der Waals surface area contributed by atoms with Gasteiger partial charge in [-0.2, -0.15) is 0 Å². The lowest BCUT2D eigenvalue weighted by Crippen LogP contribution is -1.90. The Morgan fingerprint density at radius 1 is 1.12 bits per heavy atom. The molecule has 0 amide bonds. The molecule has 0 aliphatic carbocycles. The molecule has 0 fully saturated rings. The number of hydrogen-bond acceptors (Lipinski definition) is 3. The fraction of sp³-hybridized carbons (Fsp3) is 0.154. The normalized spacial score (nSPS) is 10.3. The summed E-state index contributed by atoms with van der Waals surface area (Å²) in [5, 5.41) is 0. The maximum Gasteiger partial charge on any atom is 0.219 e. The van der Waals surface area contributed by atoms with E-state index in [2.05, 4.69) is 27.2 Å². The van der Waals surface area contributed by atoms with Crippen LogP contribution in [0, 0.1) is 6.92 Å². The first-order valence-electron chi connectivity index (χ1n) is 5.14. The third-order valence-electron chi connectivity index (χ3n) is 2.28. The van der Waals surface area contributed by atoms with Crippen LogP contribution in [-0.2, 0) is 0 Å². The summed E-state index contributed by atoms with van der Waals surface area (Å²) >= 11 is 5.12. The second kappa shape index (κ2) is 5.56. The number of halogens is 1. The molecule has 0 saturated heterocycles. The van der Waals surface area contributed by atoms with Crippen LogP contribution in [0.1, 0.15) is 5.69 Å². The second-order valence-corrected chi connectivity index (χ2v) is 5.23. The smallest absolute Gasteiger partial charge is 0.219 e. The van der Waals surface area contributed by atoms with Gasteiger partial charge in [0.25, 0.3) is 0 Å². The standard InChI is InChI=1S/C13H12BrNOS/c1-9-12(14)7-8-13(15-9)16-10-3-5-11(17-2)6-4-10/h3-8H,1-2H3. The van der Waals surface area contributed by atoms with Gasteiger partial charge in [0, 0.05) is 15.4 Å². The summed E-state index contributed by atoms with van der Waals surface area (Å²) in [6.07, 6.45) is 2.05. The highest BCUT2D eigenvalue weighted by molar-refractivity contribution is 9.10. The largest absolute Gasteiger partial charge is 0.439 e. The van der Waals surface area contributed by atoms with Gasteiger partial charge >= 0.3 is 0 Å². The van der Waals surface area contributed by atoms with E-state index >= 15 is 0 Å². The number of benzene rings is 1. The monoisotopic (exact) mass is 309 g/mol. The Labute approximate surface area is 114 Å². The predicted octanol–water partition coefficient (Wildman–Crippen LogP) is 4.67. The van der Waals surface area contributed by atoms with Gasteiger partial charge in [0.15, 0.2) is 0 Å². The van der Waals surface area contributed by atoms with Crippen molar-refractivity contribution >= 4 is 27.7 Å². The summed E-state index contributed by atoms with van der Waals surface area (Å²) in [7, 11) is 0. The number of hydrogen-bond donors (Lipinski definition) is 0. The minimum Gasteiger partial charge on any atom is -0.439 e. The quantitative estimate of drug-likeness (QED) is 0.769. The zero-order chi connectivity index (χ0) is 12.3. The van der Waals surface area contributed by atoms with Gasteiger partial charge in [-0.3, -0.25) is 0 Å². The summed E-state index contributed by atoms with van der Waals surface area (Å²) in [6, 6.07) is 11.8. The Kier molecular flexibility index (Phi) is 4.07. The number of thioether (sulfide) groups is 1. The molecule has 0 aliphatic heterocycles. The van der Waals surface area contributed by atoms with Crippen molar-refractivity contribution in [1.82, 2.24) is 4.98 Å². The van der Waals surface area contributed by atoms with Gasteiger partial charge in [0.05, 0.1) is 5.69 Å². The minimum atomic E-state index is 0.614. The topological polar surface area (TPSA) is 22.1 Å². The molecule has 17 heavy (non-hydrogen) atoms. The Morgan fingerprint density at radius 3 is 2.41 bits per heavy atom.